The number of benzene rings is 1. The zero-order valence-electron chi connectivity index (χ0n) is 14.9. The smallest absolute Gasteiger partial charge is 0.223 e. The van der Waals surface area contributed by atoms with Crippen LogP contribution in [0.5, 0.6) is 0 Å². The lowest BCUT2D eigenvalue weighted by molar-refractivity contribution is -0.142. The van der Waals surface area contributed by atoms with Crippen molar-refractivity contribution < 1.29 is 13.9 Å². The molecule has 0 radical (unpaired) electrons. The zero-order chi connectivity index (χ0) is 17.9. The van der Waals surface area contributed by atoms with Crippen molar-refractivity contribution in [2.45, 2.75) is 44.6 Å². The molecule has 1 aromatic carbocycles. The number of ether oxygens (including phenoxy) is 1. The number of carbonyl (C=O) groups excluding carboxylic acids is 1. The Hall–Kier alpha value is -0.880. The molecule has 2 aliphatic rings. The van der Waals surface area contributed by atoms with Gasteiger partial charge in [-0.1, -0.05) is 36.9 Å². The molecule has 1 saturated carbocycles. The van der Waals surface area contributed by atoms with Crippen molar-refractivity contribution in [1.29, 1.82) is 0 Å². The number of hydrogen-bond donors (Lipinski definition) is 1. The molecule has 0 bridgehead atoms. The molecule has 1 amide bonds. The molecule has 1 aliphatic heterocycles. The summed E-state index contributed by atoms with van der Waals surface area (Å²) in [6.45, 7) is 2.10. The van der Waals surface area contributed by atoms with Gasteiger partial charge in [-0.3, -0.25) is 4.79 Å². The maximum absolute atomic E-state index is 13.4. The summed E-state index contributed by atoms with van der Waals surface area (Å²) in [6.07, 6.45) is 5.87. The van der Waals surface area contributed by atoms with Gasteiger partial charge in [-0.2, -0.15) is 0 Å². The SMILES string of the molecule is Cl.NCC1(CC(=O)N2CCOC(c3ccc(F)c(Cl)c3)C2)CCCCC1. The van der Waals surface area contributed by atoms with Crippen LogP contribution in [0.1, 0.15) is 50.2 Å². The summed E-state index contributed by atoms with van der Waals surface area (Å²) in [7, 11) is 0. The van der Waals surface area contributed by atoms with Crippen LogP contribution >= 0.6 is 24.0 Å². The minimum absolute atomic E-state index is 0. The fraction of sp³-hybridized carbons (Fsp3) is 0.632. The predicted octanol–water partition coefficient (Wildman–Crippen LogP) is 4.10. The summed E-state index contributed by atoms with van der Waals surface area (Å²) < 4.78 is 19.1. The monoisotopic (exact) mass is 404 g/mol. The van der Waals surface area contributed by atoms with Crippen molar-refractivity contribution >= 4 is 29.9 Å². The molecule has 1 unspecified atom stereocenters. The fourth-order valence-electron chi connectivity index (χ4n) is 3.98. The van der Waals surface area contributed by atoms with Crippen LogP contribution in [0.2, 0.25) is 5.02 Å². The van der Waals surface area contributed by atoms with E-state index in [1.54, 1.807) is 12.1 Å². The third-order valence-electron chi connectivity index (χ3n) is 5.61. The second-order valence-corrected chi connectivity index (χ2v) is 7.72. The Kier molecular flexibility index (Phi) is 7.71. The van der Waals surface area contributed by atoms with Crippen LogP contribution in [0.4, 0.5) is 4.39 Å². The van der Waals surface area contributed by atoms with Gasteiger partial charge in [-0.25, -0.2) is 4.39 Å². The molecule has 1 aromatic rings. The molecule has 1 saturated heterocycles. The third-order valence-corrected chi connectivity index (χ3v) is 5.90. The number of morpholine rings is 1. The lowest BCUT2D eigenvalue weighted by Crippen LogP contribution is -2.45. The highest BCUT2D eigenvalue weighted by molar-refractivity contribution is 6.30. The molecule has 1 atom stereocenters. The number of nitrogens with zero attached hydrogens (tertiary/aromatic N) is 1. The van der Waals surface area contributed by atoms with Crippen LogP contribution < -0.4 is 5.73 Å². The number of carbonyl (C=O) groups is 1. The number of halogens is 3. The number of hydrogen-bond acceptors (Lipinski definition) is 3. The van der Waals surface area contributed by atoms with Crippen molar-refractivity contribution in [3.05, 3.63) is 34.6 Å². The molecule has 26 heavy (non-hydrogen) atoms. The van der Waals surface area contributed by atoms with E-state index in [0.717, 1.165) is 31.2 Å². The Balaban J connectivity index is 0.00000243. The molecule has 1 heterocycles. The van der Waals surface area contributed by atoms with Crippen LogP contribution in [-0.2, 0) is 9.53 Å². The summed E-state index contributed by atoms with van der Waals surface area (Å²) >= 11 is 5.87. The lowest BCUT2D eigenvalue weighted by Gasteiger charge is -2.39. The zero-order valence-corrected chi connectivity index (χ0v) is 16.5. The summed E-state index contributed by atoms with van der Waals surface area (Å²) in [6, 6.07) is 4.59. The number of amides is 1. The van der Waals surface area contributed by atoms with Gasteiger partial charge >= 0.3 is 0 Å². The first kappa shape index (κ1) is 21.4. The Morgan fingerprint density at radius 3 is 2.73 bits per heavy atom. The standard InChI is InChI=1S/C19H26ClFN2O2.ClH/c20-15-10-14(4-5-16(15)21)17-12-23(8-9-25-17)18(24)11-19(13-22)6-2-1-3-7-19;/h4-5,10,17H,1-3,6-9,11-13,22H2;1H. The summed E-state index contributed by atoms with van der Waals surface area (Å²) in [4.78, 5) is 14.7. The van der Waals surface area contributed by atoms with Crippen LogP contribution in [0.3, 0.4) is 0 Å². The van der Waals surface area contributed by atoms with Crippen molar-refractivity contribution in [1.82, 2.24) is 4.90 Å². The number of rotatable bonds is 4. The highest BCUT2D eigenvalue weighted by atomic mass is 35.5. The van der Waals surface area contributed by atoms with Gasteiger partial charge in [0.25, 0.3) is 0 Å². The van der Waals surface area contributed by atoms with Crippen molar-refractivity contribution in [2.24, 2.45) is 11.1 Å². The average molecular weight is 405 g/mol. The van der Waals surface area contributed by atoms with Gasteiger partial charge in [0.2, 0.25) is 5.91 Å². The van der Waals surface area contributed by atoms with Gasteiger partial charge in [-0.05, 0) is 42.5 Å². The van der Waals surface area contributed by atoms with Gasteiger partial charge in [0, 0.05) is 13.0 Å². The van der Waals surface area contributed by atoms with Crippen molar-refractivity contribution in [3.63, 3.8) is 0 Å². The largest absolute Gasteiger partial charge is 0.370 e. The minimum atomic E-state index is -0.448. The molecule has 3 rings (SSSR count). The van der Waals surface area contributed by atoms with Crippen LogP contribution in [0.15, 0.2) is 18.2 Å². The Labute approximate surface area is 165 Å². The molecule has 4 nitrogen and oxygen atoms in total. The Bertz CT molecular complexity index is 624. The second kappa shape index (κ2) is 9.36. The molecule has 0 aromatic heterocycles. The topological polar surface area (TPSA) is 55.6 Å². The van der Waals surface area contributed by atoms with E-state index in [4.69, 9.17) is 22.1 Å². The molecule has 2 fully saturated rings. The van der Waals surface area contributed by atoms with Gasteiger partial charge in [0.1, 0.15) is 11.9 Å². The van der Waals surface area contributed by atoms with E-state index in [2.05, 4.69) is 0 Å². The maximum Gasteiger partial charge on any atom is 0.223 e. The van der Waals surface area contributed by atoms with Gasteiger partial charge in [0.05, 0.1) is 18.2 Å². The molecule has 1 aliphatic carbocycles. The highest BCUT2D eigenvalue weighted by Gasteiger charge is 2.35. The van der Waals surface area contributed by atoms with Crippen molar-refractivity contribution in [3.8, 4) is 0 Å². The van der Waals surface area contributed by atoms with E-state index in [1.165, 1.54) is 12.5 Å². The normalized spacial score (nSPS) is 22.6. The molecular weight excluding hydrogens is 378 g/mol. The van der Waals surface area contributed by atoms with Crippen molar-refractivity contribution in [2.75, 3.05) is 26.2 Å². The van der Waals surface area contributed by atoms with E-state index < -0.39 is 5.82 Å². The van der Waals surface area contributed by atoms with Crippen LogP contribution in [0.25, 0.3) is 0 Å². The first-order valence-electron chi connectivity index (χ1n) is 9.07. The first-order valence-corrected chi connectivity index (χ1v) is 9.45. The van der Waals surface area contributed by atoms with Gasteiger partial charge < -0.3 is 15.4 Å². The third kappa shape index (κ3) is 4.89. The van der Waals surface area contributed by atoms with Crippen LogP contribution in [-0.4, -0.2) is 37.0 Å². The Morgan fingerprint density at radius 2 is 2.08 bits per heavy atom. The summed E-state index contributed by atoms with van der Waals surface area (Å²) in [5.74, 6) is -0.301. The predicted molar refractivity (Wildman–Crippen MR) is 103 cm³/mol. The summed E-state index contributed by atoms with van der Waals surface area (Å²) in [5.41, 5.74) is 6.78. The van der Waals surface area contributed by atoms with E-state index >= 15 is 0 Å². The van der Waals surface area contributed by atoms with Gasteiger partial charge in [-0.15, -0.1) is 12.4 Å². The van der Waals surface area contributed by atoms with E-state index in [0.29, 0.717) is 32.7 Å². The van der Waals surface area contributed by atoms with Gasteiger partial charge in [0.15, 0.2) is 0 Å². The molecule has 7 heteroatoms. The average Bonchev–Trinajstić information content (AvgIpc) is 2.65. The van der Waals surface area contributed by atoms with E-state index in [-0.39, 0.29) is 34.9 Å². The first-order chi connectivity index (χ1) is 12.0. The lowest BCUT2D eigenvalue weighted by atomic mass is 9.71. The Morgan fingerprint density at radius 1 is 1.35 bits per heavy atom. The molecule has 146 valence electrons. The second-order valence-electron chi connectivity index (χ2n) is 7.31. The minimum Gasteiger partial charge on any atom is -0.370 e. The van der Waals surface area contributed by atoms with E-state index in [1.807, 2.05) is 4.90 Å². The maximum atomic E-state index is 13.4. The number of nitrogens with two attached hydrogens (primary N) is 1. The van der Waals surface area contributed by atoms with Crippen LogP contribution in [0, 0.1) is 11.2 Å². The molecule has 2 N–H and O–H groups in total. The quantitative estimate of drug-likeness (QED) is 0.821. The highest BCUT2D eigenvalue weighted by Crippen LogP contribution is 2.39. The fourth-order valence-corrected chi connectivity index (χ4v) is 4.17. The summed E-state index contributed by atoms with van der Waals surface area (Å²) in [5, 5.41) is 0.0776. The van der Waals surface area contributed by atoms with E-state index in [9.17, 15) is 9.18 Å². The molecule has 0 spiro atoms. The molecular formula is C19H27Cl2FN2O2.